The maximum atomic E-state index is 12.3. The van der Waals surface area contributed by atoms with Crippen LogP contribution in [-0.4, -0.2) is 12.5 Å². The Balaban J connectivity index is 2.26. The molecule has 0 atom stereocenters. The van der Waals surface area contributed by atoms with Gasteiger partial charge in [-0.25, -0.2) is 0 Å². The molecule has 26 heavy (non-hydrogen) atoms. The van der Waals surface area contributed by atoms with E-state index in [1.807, 2.05) is 6.07 Å². The van der Waals surface area contributed by atoms with Crippen LogP contribution in [0.1, 0.15) is 5.56 Å². The summed E-state index contributed by atoms with van der Waals surface area (Å²) in [6.07, 6.45) is 2.95. The van der Waals surface area contributed by atoms with Crippen LogP contribution in [0.25, 0.3) is 6.08 Å². The molecule has 0 unspecified atom stereocenters. The predicted octanol–water partition coefficient (Wildman–Crippen LogP) is 5.76. The summed E-state index contributed by atoms with van der Waals surface area (Å²) < 4.78 is 5.38. The van der Waals surface area contributed by atoms with E-state index >= 15 is 0 Å². The van der Waals surface area contributed by atoms with Crippen molar-refractivity contribution in [3.63, 3.8) is 0 Å². The third-order valence-electron chi connectivity index (χ3n) is 3.12. The number of benzene rings is 2. The zero-order valence-electron chi connectivity index (χ0n) is 13.4. The van der Waals surface area contributed by atoms with Crippen molar-refractivity contribution in [1.82, 2.24) is 0 Å². The fourth-order valence-corrected chi connectivity index (χ4v) is 2.83. The van der Waals surface area contributed by atoms with Crippen molar-refractivity contribution in [3.8, 4) is 11.8 Å². The number of nitrogens with one attached hydrogen (secondary N) is 1. The van der Waals surface area contributed by atoms with Crippen LogP contribution >= 0.6 is 34.8 Å². The van der Waals surface area contributed by atoms with Crippen molar-refractivity contribution < 1.29 is 9.53 Å². The number of rotatable bonds is 6. The van der Waals surface area contributed by atoms with Gasteiger partial charge >= 0.3 is 0 Å². The van der Waals surface area contributed by atoms with Crippen molar-refractivity contribution in [2.24, 2.45) is 0 Å². The molecule has 0 spiro atoms. The maximum Gasteiger partial charge on any atom is 0.266 e. The summed E-state index contributed by atoms with van der Waals surface area (Å²) in [6, 6.07) is 11.6. The number of carbonyl (C=O) groups is 1. The number of carbonyl (C=O) groups excluding carboxylic acids is 1. The predicted molar refractivity (Wildman–Crippen MR) is 106 cm³/mol. The Morgan fingerprint density at radius 1 is 1.23 bits per heavy atom. The molecule has 7 heteroatoms. The van der Waals surface area contributed by atoms with Crippen LogP contribution in [-0.2, 0) is 4.79 Å². The molecule has 0 saturated heterocycles. The van der Waals surface area contributed by atoms with Gasteiger partial charge in [0.1, 0.15) is 18.2 Å². The minimum Gasteiger partial charge on any atom is -0.486 e. The van der Waals surface area contributed by atoms with E-state index in [1.165, 1.54) is 6.08 Å². The van der Waals surface area contributed by atoms with Gasteiger partial charge in [-0.15, -0.1) is 0 Å². The first kappa shape index (κ1) is 19.9. The second kappa shape index (κ2) is 9.30. The molecule has 0 radical (unpaired) electrons. The standard InChI is InChI=1S/C19H13Cl3N2O2/c1-2-6-26-18-16(21)8-12(9-17(18)22)7-13(11-23)19(25)24-15-5-3-4-14(20)10-15/h2-5,7-10H,1,6H2,(H,24,25)/b13-7+. The topological polar surface area (TPSA) is 62.1 Å². The first-order valence-corrected chi connectivity index (χ1v) is 8.49. The molecule has 2 aromatic rings. The second-order valence-electron chi connectivity index (χ2n) is 5.05. The number of nitrogens with zero attached hydrogens (tertiary/aromatic N) is 1. The number of hydrogen-bond acceptors (Lipinski definition) is 3. The van der Waals surface area contributed by atoms with Crippen molar-refractivity contribution in [2.75, 3.05) is 11.9 Å². The summed E-state index contributed by atoms with van der Waals surface area (Å²) in [5, 5.41) is 12.9. The van der Waals surface area contributed by atoms with Gasteiger partial charge in [0.15, 0.2) is 5.75 Å². The van der Waals surface area contributed by atoms with Crippen LogP contribution in [0.3, 0.4) is 0 Å². The Hall–Kier alpha value is -2.45. The van der Waals surface area contributed by atoms with Crippen molar-refractivity contribution in [2.45, 2.75) is 0 Å². The van der Waals surface area contributed by atoms with Gasteiger partial charge in [-0.05, 0) is 42.0 Å². The Bertz CT molecular complexity index is 894. The molecule has 1 amide bonds. The summed E-state index contributed by atoms with van der Waals surface area (Å²) in [5.41, 5.74) is 0.855. The zero-order chi connectivity index (χ0) is 19.1. The zero-order valence-corrected chi connectivity index (χ0v) is 15.7. The van der Waals surface area contributed by atoms with E-state index in [2.05, 4.69) is 11.9 Å². The summed E-state index contributed by atoms with van der Waals surface area (Å²) in [7, 11) is 0. The van der Waals surface area contributed by atoms with Crippen LogP contribution in [0.15, 0.2) is 54.6 Å². The lowest BCUT2D eigenvalue weighted by atomic mass is 10.1. The third-order valence-corrected chi connectivity index (χ3v) is 3.92. The monoisotopic (exact) mass is 406 g/mol. The highest BCUT2D eigenvalue weighted by Gasteiger charge is 2.13. The van der Waals surface area contributed by atoms with Gasteiger partial charge in [0, 0.05) is 10.7 Å². The van der Waals surface area contributed by atoms with E-state index in [0.717, 1.165) is 0 Å². The molecule has 0 aliphatic carbocycles. The Morgan fingerprint density at radius 3 is 2.50 bits per heavy atom. The highest BCUT2D eigenvalue weighted by atomic mass is 35.5. The fourth-order valence-electron chi connectivity index (χ4n) is 2.02. The molecular formula is C19H13Cl3N2O2. The van der Waals surface area contributed by atoms with E-state index in [9.17, 15) is 10.1 Å². The smallest absolute Gasteiger partial charge is 0.266 e. The summed E-state index contributed by atoms with van der Waals surface area (Å²) in [4.78, 5) is 12.3. The van der Waals surface area contributed by atoms with Crippen molar-refractivity contribution in [1.29, 1.82) is 5.26 Å². The lowest BCUT2D eigenvalue weighted by molar-refractivity contribution is -0.112. The molecule has 4 nitrogen and oxygen atoms in total. The number of ether oxygens (including phenoxy) is 1. The number of nitriles is 1. The fraction of sp³-hybridized carbons (Fsp3) is 0.0526. The van der Waals surface area contributed by atoms with E-state index in [1.54, 1.807) is 42.5 Å². The molecule has 2 rings (SSSR count). The molecule has 0 saturated carbocycles. The van der Waals surface area contributed by atoms with Gasteiger partial charge in [0.25, 0.3) is 5.91 Å². The van der Waals surface area contributed by atoms with Crippen LogP contribution in [0, 0.1) is 11.3 Å². The molecular weight excluding hydrogens is 395 g/mol. The molecule has 0 aliphatic heterocycles. The molecule has 132 valence electrons. The lowest BCUT2D eigenvalue weighted by Gasteiger charge is -2.09. The van der Waals surface area contributed by atoms with Gasteiger partial charge in [-0.3, -0.25) is 4.79 Å². The van der Waals surface area contributed by atoms with Gasteiger partial charge in [-0.1, -0.05) is 53.5 Å². The Labute approximate surface area is 166 Å². The van der Waals surface area contributed by atoms with Crippen molar-refractivity contribution in [3.05, 3.63) is 75.3 Å². The molecule has 0 heterocycles. The average molecular weight is 408 g/mol. The highest BCUT2D eigenvalue weighted by molar-refractivity contribution is 6.37. The van der Waals surface area contributed by atoms with Gasteiger partial charge in [0.2, 0.25) is 0 Å². The Morgan fingerprint density at radius 2 is 1.92 bits per heavy atom. The highest BCUT2D eigenvalue weighted by Crippen LogP contribution is 2.35. The molecule has 0 aliphatic rings. The van der Waals surface area contributed by atoms with Crippen LogP contribution in [0.5, 0.6) is 5.75 Å². The molecule has 0 aromatic heterocycles. The van der Waals surface area contributed by atoms with E-state index in [0.29, 0.717) is 22.0 Å². The van der Waals surface area contributed by atoms with Gasteiger partial charge < -0.3 is 10.1 Å². The first-order valence-electron chi connectivity index (χ1n) is 7.36. The molecule has 2 aromatic carbocycles. The number of amides is 1. The third kappa shape index (κ3) is 5.27. The SMILES string of the molecule is C=CCOc1c(Cl)cc(/C=C(\C#N)C(=O)Nc2cccc(Cl)c2)cc1Cl. The number of anilines is 1. The molecule has 0 fully saturated rings. The average Bonchev–Trinajstić information content (AvgIpc) is 2.59. The van der Waals surface area contributed by atoms with Crippen LogP contribution in [0.2, 0.25) is 15.1 Å². The van der Waals surface area contributed by atoms with Crippen molar-refractivity contribution >= 4 is 52.5 Å². The second-order valence-corrected chi connectivity index (χ2v) is 6.30. The first-order chi connectivity index (χ1) is 12.4. The summed E-state index contributed by atoms with van der Waals surface area (Å²) in [5.74, 6) is -0.263. The van der Waals surface area contributed by atoms with Crippen LogP contribution < -0.4 is 10.1 Å². The van der Waals surface area contributed by atoms with Crippen LogP contribution in [0.4, 0.5) is 5.69 Å². The minimum absolute atomic E-state index is 0.114. The van der Waals surface area contributed by atoms with Gasteiger partial charge in [-0.2, -0.15) is 5.26 Å². The molecule has 1 N–H and O–H groups in total. The van der Waals surface area contributed by atoms with E-state index in [-0.39, 0.29) is 22.2 Å². The number of halogens is 3. The van der Waals surface area contributed by atoms with E-state index in [4.69, 9.17) is 39.5 Å². The quantitative estimate of drug-likeness (QED) is 0.376. The van der Waals surface area contributed by atoms with Gasteiger partial charge in [0.05, 0.1) is 10.0 Å². The summed E-state index contributed by atoms with van der Waals surface area (Å²) >= 11 is 18.2. The largest absolute Gasteiger partial charge is 0.486 e. The molecule has 0 bridgehead atoms. The maximum absolute atomic E-state index is 12.3. The summed E-state index contributed by atoms with van der Waals surface area (Å²) in [6.45, 7) is 3.80. The normalized spacial score (nSPS) is 10.8. The Kier molecular flexibility index (Phi) is 7.11. The minimum atomic E-state index is -0.575. The lowest BCUT2D eigenvalue weighted by Crippen LogP contribution is -2.13. The van der Waals surface area contributed by atoms with E-state index < -0.39 is 5.91 Å². The number of hydrogen-bond donors (Lipinski definition) is 1.